The third kappa shape index (κ3) is 3.86. The van der Waals surface area contributed by atoms with Gasteiger partial charge in [-0.1, -0.05) is 11.6 Å². The molecule has 0 bridgehead atoms. The molecule has 18 heavy (non-hydrogen) atoms. The highest BCUT2D eigenvalue weighted by Crippen LogP contribution is 2.28. The van der Waals surface area contributed by atoms with Crippen molar-refractivity contribution in [2.45, 2.75) is 0 Å². The Morgan fingerprint density at radius 1 is 1.50 bits per heavy atom. The zero-order valence-corrected chi connectivity index (χ0v) is 10.2. The first-order valence-corrected chi connectivity index (χ1v) is 6.40. The molecule has 0 aliphatic heterocycles. The molecule has 0 amide bonds. The lowest BCUT2D eigenvalue weighted by molar-refractivity contribution is -0.383. The zero-order chi connectivity index (χ0) is 13.9. The number of sulfonamides is 1. The molecule has 1 aromatic carbocycles. The number of hydrogen-bond acceptors (Lipinski definition) is 5. The van der Waals surface area contributed by atoms with E-state index >= 15 is 0 Å². The van der Waals surface area contributed by atoms with Gasteiger partial charge in [-0.2, -0.15) is 0 Å². The van der Waals surface area contributed by atoms with E-state index in [0.29, 0.717) is 0 Å². The second kappa shape index (κ2) is 5.19. The molecule has 0 aromatic heterocycles. The first-order chi connectivity index (χ1) is 8.21. The van der Waals surface area contributed by atoms with Crippen LogP contribution >= 0.6 is 11.6 Å². The molecule has 2 N–H and O–H groups in total. The summed E-state index contributed by atoms with van der Waals surface area (Å²) in [5.74, 6) is -2.76. The Kier molecular flexibility index (Phi) is 4.09. The van der Waals surface area contributed by atoms with Crippen molar-refractivity contribution < 1.29 is 23.2 Å². The highest BCUT2D eigenvalue weighted by Gasteiger charge is 2.21. The van der Waals surface area contributed by atoms with Crippen LogP contribution in [0.15, 0.2) is 18.2 Å². The topological polar surface area (TPSA) is 127 Å². The summed E-state index contributed by atoms with van der Waals surface area (Å²) in [6.45, 7) is 0. The van der Waals surface area contributed by atoms with Gasteiger partial charge < -0.3 is 5.11 Å². The first-order valence-electron chi connectivity index (χ1n) is 4.37. The van der Waals surface area contributed by atoms with Crippen molar-refractivity contribution in [2.75, 3.05) is 10.5 Å². The van der Waals surface area contributed by atoms with E-state index in [2.05, 4.69) is 0 Å². The molecule has 0 saturated carbocycles. The third-order valence-electron chi connectivity index (χ3n) is 1.74. The lowest BCUT2D eigenvalue weighted by Gasteiger charge is -2.06. The Morgan fingerprint density at radius 3 is 2.61 bits per heavy atom. The summed E-state index contributed by atoms with van der Waals surface area (Å²) in [5.41, 5.74) is -0.901. The van der Waals surface area contributed by atoms with Gasteiger partial charge in [0.2, 0.25) is 10.0 Å². The zero-order valence-electron chi connectivity index (χ0n) is 8.66. The van der Waals surface area contributed by atoms with Gasteiger partial charge in [0.15, 0.2) is 5.75 Å². The maximum absolute atomic E-state index is 11.3. The van der Waals surface area contributed by atoms with E-state index < -0.39 is 32.4 Å². The average Bonchev–Trinajstić information content (AvgIpc) is 2.18. The van der Waals surface area contributed by atoms with Crippen LogP contribution in [-0.4, -0.2) is 30.2 Å². The Balaban J connectivity index is 3.12. The number of rotatable bonds is 5. The molecule has 0 spiro atoms. The predicted octanol–water partition coefficient (Wildman–Crippen LogP) is 1.07. The fourth-order valence-corrected chi connectivity index (χ4v) is 2.18. The van der Waals surface area contributed by atoms with Crippen molar-refractivity contribution in [3.05, 3.63) is 33.3 Å². The Hall–Kier alpha value is -1.87. The minimum Gasteiger partial charge on any atom is -0.480 e. The van der Waals surface area contributed by atoms with E-state index in [9.17, 15) is 23.3 Å². The summed E-state index contributed by atoms with van der Waals surface area (Å²) in [6.07, 6.45) is 0. The lowest BCUT2D eigenvalue weighted by atomic mass is 10.3. The van der Waals surface area contributed by atoms with Gasteiger partial charge >= 0.3 is 5.97 Å². The van der Waals surface area contributed by atoms with Crippen LogP contribution in [0.2, 0.25) is 5.02 Å². The standard InChI is InChI=1S/C8H7ClN2O6S/c9-5-1-2-6(7(3-5)11(14)15)10-18(16,17)4-8(12)13/h1-3,10H,4H2,(H,12,13). The largest absolute Gasteiger partial charge is 0.480 e. The minimum atomic E-state index is -4.20. The Morgan fingerprint density at radius 2 is 2.11 bits per heavy atom. The van der Waals surface area contributed by atoms with Crippen LogP contribution in [0.3, 0.4) is 0 Å². The molecular weight excluding hydrogens is 288 g/mol. The highest BCUT2D eigenvalue weighted by atomic mass is 35.5. The van der Waals surface area contributed by atoms with Crippen LogP contribution < -0.4 is 4.72 Å². The molecule has 1 aromatic rings. The van der Waals surface area contributed by atoms with E-state index in [0.717, 1.165) is 12.1 Å². The van der Waals surface area contributed by atoms with Crippen molar-refractivity contribution in [2.24, 2.45) is 0 Å². The third-order valence-corrected chi connectivity index (χ3v) is 3.13. The van der Waals surface area contributed by atoms with Crippen LogP contribution in [0.1, 0.15) is 0 Å². The molecule has 0 heterocycles. The first kappa shape index (κ1) is 14.2. The number of nitro benzene ring substituents is 1. The van der Waals surface area contributed by atoms with Gasteiger partial charge in [-0.25, -0.2) is 8.42 Å². The molecule has 0 aliphatic carbocycles. The molecule has 1 rings (SSSR count). The minimum absolute atomic E-state index is 0.0582. The van der Waals surface area contributed by atoms with Crippen molar-refractivity contribution in [1.29, 1.82) is 0 Å². The smallest absolute Gasteiger partial charge is 0.320 e. The lowest BCUT2D eigenvalue weighted by Crippen LogP contribution is -2.22. The summed E-state index contributed by atoms with van der Waals surface area (Å²) in [6, 6.07) is 3.28. The number of hydrogen-bond donors (Lipinski definition) is 2. The van der Waals surface area contributed by atoms with Gasteiger partial charge in [0.05, 0.1) is 4.92 Å². The maximum Gasteiger partial charge on any atom is 0.320 e. The molecule has 10 heteroatoms. The van der Waals surface area contributed by atoms with E-state index in [-0.39, 0.29) is 10.7 Å². The van der Waals surface area contributed by atoms with Crippen molar-refractivity contribution in [3.63, 3.8) is 0 Å². The molecule has 0 aliphatic rings. The molecule has 0 unspecified atom stereocenters. The predicted molar refractivity (Wildman–Crippen MR) is 63.2 cm³/mol. The van der Waals surface area contributed by atoms with Crippen LogP contribution in [-0.2, 0) is 14.8 Å². The SMILES string of the molecule is O=C(O)CS(=O)(=O)Nc1ccc(Cl)cc1[N+](=O)[O-]. The van der Waals surface area contributed by atoms with Crippen LogP contribution in [0.5, 0.6) is 0 Å². The number of nitrogens with one attached hydrogen (secondary N) is 1. The maximum atomic E-state index is 11.3. The number of halogens is 1. The van der Waals surface area contributed by atoms with Crippen LogP contribution in [0.4, 0.5) is 11.4 Å². The van der Waals surface area contributed by atoms with Gasteiger partial charge in [0.25, 0.3) is 5.69 Å². The quantitative estimate of drug-likeness (QED) is 0.618. The summed E-state index contributed by atoms with van der Waals surface area (Å²) in [4.78, 5) is 20.2. The Labute approximate surface area is 106 Å². The molecular formula is C8H7ClN2O6S. The summed E-state index contributed by atoms with van der Waals surface area (Å²) >= 11 is 5.54. The second-order valence-corrected chi connectivity index (χ2v) is 5.33. The molecule has 8 nitrogen and oxygen atoms in total. The number of aliphatic carboxylic acids is 1. The molecule has 0 saturated heterocycles. The van der Waals surface area contributed by atoms with Gasteiger partial charge in [-0.3, -0.25) is 19.6 Å². The van der Waals surface area contributed by atoms with Gasteiger partial charge in [-0.15, -0.1) is 0 Å². The molecule has 0 fully saturated rings. The highest BCUT2D eigenvalue weighted by molar-refractivity contribution is 7.93. The summed E-state index contributed by atoms with van der Waals surface area (Å²) < 4.78 is 24.5. The summed E-state index contributed by atoms with van der Waals surface area (Å²) in [5, 5.41) is 19.1. The summed E-state index contributed by atoms with van der Waals surface area (Å²) in [7, 11) is -4.20. The van der Waals surface area contributed by atoms with E-state index in [1.807, 2.05) is 4.72 Å². The van der Waals surface area contributed by atoms with Crippen LogP contribution in [0.25, 0.3) is 0 Å². The molecule has 0 radical (unpaired) electrons. The van der Waals surface area contributed by atoms with E-state index in [1.54, 1.807) is 0 Å². The number of nitrogens with zero attached hydrogens (tertiary/aromatic N) is 1. The van der Waals surface area contributed by atoms with Crippen molar-refractivity contribution >= 4 is 39.0 Å². The van der Waals surface area contributed by atoms with E-state index in [4.69, 9.17) is 16.7 Å². The van der Waals surface area contributed by atoms with Crippen molar-refractivity contribution in [3.8, 4) is 0 Å². The number of benzene rings is 1. The number of carboxylic acids is 1. The van der Waals surface area contributed by atoms with Crippen molar-refractivity contribution in [1.82, 2.24) is 0 Å². The van der Waals surface area contributed by atoms with Gasteiger partial charge in [0, 0.05) is 11.1 Å². The Bertz CT molecular complexity index is 600. The second-order valence-electron chi connectivity index (χ2n) is 3.17. The van der Waals surface area contributed by atoms with Gasteiger partial charge in [-0.05, 0) is 12.1 Å². The fourth-order valence-electron chi connectivity index (χ4n) is 1.11. The normalized spacial score (nSPS) is 10.9. The van der Waals surface area contributed by atoms with Crippen LogP contribution in [0, 0.1) is 10.1 Å². The number of anilines is 1. The number of carboxylic acid groups (broad SMARTS) is 1. The van der Waals surface area contributed by atoms with E-state index in [1.165, 1.54) is 6.07 Å². The number of nitro groups is 1. The fraction of sp³-hybridized carbons (Fsp3) is 0.125. The number of carbonyl (C=O) groups is 1. The molecule has 98 valence electrons. The average molecular weight is 295 g/mol. The monoisotopic (exact) mass is 294 g/mol. The molecule has 0 atom stereocenters. The van der Waals surface area contributed by atoms with Gasteiger partial charge in [0.1, 0.15) is 5.69 Å².